The third-order valence-electron chi connectivity index (χ3n) is 2.95. The van der Waals surface area contributed by atoms with E-state index in [9.17, 15) is 10.1 Å². The van der Waals surface area contributed by atoms with Crippen LogP contribution in [0.3, 0.4) is 0 Å². The van der Waals surface area contributed by atoms with Gasteiger partial charge < -0.3 is 4.90 Å². The van der Waals surface area contributed by atoms with Gasteiger partial charge in [-0.1, -0.05) is 0 Å². The zero-order valence-corrected chi connectivity index (χ0v) is 10.3. The first kappa shape index (κ1) is 12.5. The van der Waals surface area contributed by atoms with Crippen molar-refractivity contribution in [2.24, 2.45) is 5.10 Å². The zero-order chi connectivity index (χ0) is 13.0. The van der Waals surface area contributed by atoms with E-state index in [1.165, 1.54) is 12.1 Å². The first-order valence-electron chi connectivity index (χ1n) is 5.87. The first-order chi connectivity index (χ1) is 8.65. The van der Waals surface area contributed by atoms with Crippen molar-refractivity contribution < 1.29 is 4.92 Å². The quantitative estimate of drug-likeness (QED) is 0.458. The van der Waals surface area contributed by atoms with Crippen molar-refractivity contribution in [2.75, 3.05) is 33.2 Å². The molecule has 1 aliphatic rings. The Balaban J connectivity index is 1.94. The molecule has 1 aromatic carbocycles. The van der Waals surface area contributed by atoms with Gasteiger partial charge in [0.2, 0.25) is 0 Å². The minimum absolute atomic E-state index is 0.103. The summed E-state index contributed by atoms with van der Waals surface area (Å²) in [4.78, 5) is 12.4. The van der Waals surface area contributed by atoms with Crippen LogP contribution in [-0.4, -0.2) is 54.3 Å². The minimum Gasteiger partial charge on any atom is -0.303 e. The first-order valence-corrected chi connectivity index (χ1v) is 5.87. The van der Waals surface area contributed by atoms with Crippen molar-refractivity contribution in [3.63, 3.8) is 0 Å². The smallest absolute Gasteiger partial charge is 0.269 e. The Morgan fingerprint density at radius 2 is 1.83 bits per heavy atom. The van der Waals surface area contributed by atoms with E-state index in [4.69, 9.17) is 0 Å². The molecular weight excluding hydrogens is 232 g/mol. The van der Waals surface area contributed by atoms with Gasteiger partial charge in [0.1, 0.15) is 0 Å². The third kappa shape index (κ3) is 3.27. The maximum atomic E-state index is 10.5. The fourth-order valence-electron chi connectivity index (χ4n) is 1.74. The van der Waals surface area contributed by atoms with E-state index in [2.05, 4.69) is 17.0 Å². The number of hydrogen-bond acceptors (Lipinski definition) is 5. The number of likely N-dealkylation sites (N-methyl/N-ethyl adjacent to an activating group) is 1. The molecule has 18 heavy (non-hydrogen) atoms. The van der Waals surface area contributed by atoms with Crippen LogP contribution in [0.15, 0.2) is 29.4 Å². The van der Waals surface area contributed by atoms with Crippen LogP contribution in [0.4, 0.5) is 5.69 Å². The van der Waals surface area contributed by atoms with E-state index in [1.807, 2.05) is 5.01 Å². The minimum atomic E-state index is -0.401. The SMILES string of the molecule is CN1CCN(/N=C/c2ccc([N+](=O)[O-])cc2)CC1. The molecule has 0 saturated carbocycles. The molecule has 6 nitrogen and oxygen atoms in total. The second kappa shape index (κ2) is 5.59. The summed E-state index contributed by atoms with van der Waals surface area (Å²) in [5, 5.41) is 16.9. The van der Waals surface area contributed by atoms with Crippen molar-refractivity contribution in [3.05, 3.63) is 39.9 Å². The summed E-state index contributed by atoms with van der Waals surface area (Å²) in [6.07, 6.45) is 1.75. The van der Waals surface area contributed by atoms with Crippen LogP contribution in [0.25, 0.3) is 0 Å². The number of benzene rings is 1. The van der Waals surface area contributed by atoms with Crippen LogP contribution >= 0.6 is 0 Å². The lowest BCUT2D eigenvalue weighted by molar-refractivity contribution is -0.384. The average molecular weight is 248 g/mol. The number of hydrogen-bond donors (Lipinski definition) is 0. The predicted octanol–water partition coefficient (Wildman–Crippen LogP) is 1.18. The Hall–Kier alpha value is -1.95. The standard InChI is InChI=1S/C12H16N4O2/c1-14-6-8-15(9-7-14)13-10-11-2-4-12(5-3-11)16(17)18/h2-5,10H,6-9H2,1H3/b13-10+. The molecular formula is C12H16N4O2. The number of nitro groups is 1. The van der Waals surface area contributed by atoms with Gasteiger partial charge >= 0.3 is 0 Å². The second-order valence-corrected chi connectivity index (χ2v) is 4.35. The highest BCUT2D eigenvalue weighted by molar-refractivity contribution is 5.79. The molecule has 0 aliphatic carbocycles. The Bertz CT molecular complexity index is 436. The fourth-order valence-corrected chi connectivity index (χ4v) is 1.74. The molecule has 0 radical (unpaired) electrons. The van der Waals surface area contributed by atoms with Gasteiger partial charge in [0.05, 0.1) is 11.1 Å². The van der Waals surface area contributed by atoms with Crippen LogP contribution < -0.4 is 0 Å². The summed E-state index contributed by atoms with van der Waals surface area (Å²) in [5.74, 6) is 0. The maximum absolute atomic E-state index is 10.5. The molecule has 6 heteroatoms. The van der Waals surface area contributed by atoms with Crippen molar-refractivity contribution in [2.45, 2.75) is 0 Å². The largest absolute Gasteiger partial charge is 0.303 e. The number of non-ortho nitro benzene ring substituents is 1. The number of rotatable bonds is 3. The Morgan fingerprint density at radius 3 is 2.39 bits per heavy atom. The molecule has 1 aliphatic heterocycles. The normalized spacial score (nSPS) is 17.3. The van der Waals surface area contributed by atoms with Crippen molar-refractivity contribution in [1.82, 2.24) is 9.91 Å². The van der Waals surface area contributed by atoms with Gasteiger partial charge in [-0.05, 0) is 24.7 Å². The summed E-state index contributed by atoms with van der Waals surface area (Å²) in [7, 11) is 2.09. The van der Waals surface area contributed by atoms with Crippen LogP contribution in [0.2, 0.25) is 0 Å². The van der Waals surface area contributed by atoms with E-state index < -0.39 is 4.92 Å². The summed E-state index contributed by atoms with van der Waals surface area (Å²) >= 11 is 0. The molecule has 0 bridgehead atoms. The third-order valence-corrected chi connectivity index (χ3v) is 2.95. The molecule has 1 saturated heterocycles. The lowest BCUT2D eigenvalue weighted by Crippen LogP contribution is -2.41. The van der Waals surface area contributed by atoms with Gasteiger partial charge in [0.25, 0.3) is 5.69 Å². The topological polar surface area (TPSA) is 62.0 Å². The Labute approximate surface area is 106 Å². The van der Waals surface area contributed by atoms with E-state index in [0.29, 0.717) is 0 Å². The molecule has 96 valence electrons. The molecule has 0 aromatic heterocycles. The molecule has 0 atom stereocenters. The van der Waals surface area contributed by atoms with Crippen LogP contribution in [0.1, 0.15) is 5.56 Å². The highest BCUT2D eigenvalue weighted by Gasteiger charge is 2.10. The summed E-state index contributed by atoms with van der Waals surface area (Å²) in [6, 6.07) is 6.39. The number of nitro benzene ring substituents is 1. The average Bonchev–Trinajstić information content (AvgIpc) is 2.38. The molecule has 1 heterocycles. The maximum Gasteiger partial charge on any atom is 0.269 e. The fraction of sp³-hybridized carbons (Fsp3) is 0.417. The van der Waals surface area contributed by atoms with E-state index >= 15 is 0 Å². The van der Waals surface area contributed by atoms with E-state index in [0.717, 1.165) is 31.7 Å². The van der Waals surface area contributed by atoms with Gasteiger partial charge in [-0.15, -0.1) is 0 Å². The van der Waals surface area contributed by atoms with Crippen molar-refractivity contribution >= 4 is 11.9 Å². The molecule has 0 spiro atoms. The van der Waals surface area contributed by atoms with Gasteiger partial charge in [0, 0.05) is 38.3 Å². The molecule has 2 rings (SSSR count). The van der Waals surface area contributed by atoms with Crippen molar-refractivity contribution in [3.8, 4) is 0 Å². The van der Waals surface area contributed by atoms with Crippen molar-refractivity contribution in [1.29, 1.82) is 0 Å². The summed E-state index contributed by atoms with van der Waals surface area (Å²) < 4.78 is 0. The van der Waals surface area contributed by atoms with E-state index in [-0.39, 0.29) is 5.69 Å². The van der Waals surface area contributed by atoms with Gasteiger partial charge in [-0.2, -0.15) is 5.10 Å². The van der Waals surface area contributed by atoms with Gasteiger partial charge in [0.15, 0.2) is 0 Å². The molecule has 0 N–H and O–H groups in total. The lowest BCUT2D eigenvalue weighted by atomic mass is 10.2. The van der Waals surface area contributed by atoms with Gasteiger partial charge in [-0.3, -0.25) is 15.1 Å². The molecule has 0 unspecified atom stereocenters. The molecule has 1 fully saturated rings. The zero-order valence-electron chi connectivity index (χ0n) is 10.3. The van der Waals surface area contributed by atoms with Crippen LogP contribution in [-0.2, 0) is 0 Å². The highest BCUT2D eigenvalue weighted by Crippen LogP contribution is 2.10. The van der Waals surface area contributed by atoms with Gasteiger partial charge in [-0.25, -0.2) is 0 Å². The number of nitrogens with zero attached hydrogens (tertiary/aromatic N) is 4. The number of hydrazone groups is 1. The predicted molar refractivity (Wildman–Crippen MR) is 69.8 cm³/mol. The molecule has 0 amide bonds. The monoisotopic (exact) mass is 248 g/mol. The number of piperazine rings is 1. The summed E-state index contributed by atoms with van der Waals surface area (Å²) in [6.45, 7) is 3.86. The van der Waals surface area contributed by atoms with Crippen LogP contribution in [0.5, 0.6) is 0 Å². The van der Waals surface area contributed by atoms with Crippen LogP contribution in [0, 0.1) is 10.1 Å². The summed E-state index contributed by atoms with van der Waals surface area (Å²) in [5.41, 5.74) is 0.978. The van der Waals surface area contributed by atoms with E-state index in [1.54, 1.807) is 18.3 Å². The Kier molecular flexibility index (Phi) is 3.88. The second-order valence-electron chi connectivity index (χ2n) is 4.35. The lowest BCUT2D eigenvalue weighted by Gasteiger charge is -2.30. The highest BCUT2D eigenvalue weighted by atomic mass is 16.6. The molecule has 1 aromatic rings. The Morgan fingerprint density at radius 1 is 1.22 bits per heavy atom.